The topological polar surface area (TPSA) is 40.5 Å². The van der Waals surface area contributed by atoms with E-state index in [0.29, 0.717) is 0 Å². The van der Waals surface area contributed by atoms with Crippen molar-refractivity contribution in [1.29, 1.82) is 0 Å². The van der Waals surface area contributed by atoms with E-state index in [1.165, 1.54) is 55.2 Å². The molecule has 1 aliphatic carbocycles. The molecule has 1 saturated carbocycles. The maximum atomic E-state index is 9.16. The fourth-order valence-corrected chi connectivity index (χ4v) is 5.15. The highest BCUT2D eigenvalue weighted by atomic mass is 16.3. The van der Waals surface area contributed by atoms with Gasteiger partial charge in [-0.1, -0.05) is 68.3 Å². The molecule has 2 nitrogen and oxygen atoms in total. The Morgan fingerprint density at radius 1 is 0.742 bits per heavy atom. The molecule has 0 radical (unpaired) electrons. The second-order valence-corrected chi connectivity index (χ2v) is 9.69. The average molecular weight is 423 g/mol. The summed E-state index contributed by atoms with van der Waals surface area (Å²) in [5.74, 6) is 1.78. The van der Waals surface area contributed by atoms with Crippen molar-refractivity contribution in [3.05, 3.63) is 70.8 Å². The molecule has 0 amide bonds. The Kier molecular flexibility index (Phi) is 10.1. The molecule has 0 bridgehead atoms. The molecule has 3 rings (SSSR count). The third-order valence-electron chi connectivity index (χ3n) is 7.31. The molecule has 0 atom stereocenters. The molecular formula is C29H42O2. The molecule has 1 aliphatic rings. The first kappa shape index (κ1) is 24.0. The number of aliphatic hydroxyl groups excluding tert-OH is 2. The van der Waals surface area contributed by atoms with Gasteiger partial charge in [-0.05, 0) is 91.9 Å². The molecule has 0 saturated heterocycles. The molecule has 2 N–H and O–H groups in total. The maximum Gasteiger partial charge on any atom is 0.0481 e. The van der Waals surface area contributed by atoms with Gasteiger partial charge in [-0.3, -0.25) is 0 Å². The lowest BCUT2D eigenvalue weighted by Gasteiger charge is -2.28. The Morgan fingerprint density at radius 3 is 1.77 bits per heavy atom. The number of aliphatic hydroxyl groups is 2. The highest BCUT2D eigenvalue weighted by molar-refractivity contribution is 5.28. The first-order valence-electron chi connectivity index (χ1n) is 12.6. The lowest BCUT2D eigenvalue weighted by molar-refractivity contribution is 0.142. The van der Waals surface area contributed by atoms with Crippen LogP contribution in [0.5, 0.6) is 0 Å². The van der Waals surface area contributed by atoms with Crippen LogP contribution >= 0.6 is 0 Å². The predicted molar refractivity (Wildman–Crippen MR) is 130 cm³/mol. The first-order valence-corrected chi connectivity index (χ1v) is 12.6. The molecule has 2 heteroatoms. The minimum Gasteiger partial charge on any atom is -0.396 e. The number of hydrogen-bond acceptors (Lipinski definition) is 2. The summed E-state index contributed by atoms with van der Waals surface area (Å²) in [4.78, 5) is 0. The van der Waals surface area contributed by atoms with E-state index in [2.05, 4.69) is 55.5 Å². The van der Waals surface area contributed by atoms with Crippen LogP contribution in [0.2, 0.25) is 0 Å². The minimum atomic E-state index is 0.0294. The Balaban J connectivity index is 1.41. The normalized spacial score (nSPS) is 19.1. The third kappa shape index (κ3) is 7.77. The van der Waals surface area contributed by atoms with Gasteiger partial charge in [-0.15, -0.1) is 0 Å². The van der Waals surface area contributed by atoms with Gasteiger partial charge in [0.2, 0.25) is 0 Å². The van der Waals surface area contributed by atoms with Crippen molar-refractivity contribution in [2.45, 2.75) is 83.5 Å². The lowest BCUT2D eigenvalue weighted by Crippen LogP contribution is -2.13. The second kappa shape index (κ2) is 13.0. The van der Waals surface area contributed by atoms with Gasteiger partial charge in [0.15, 0.2) is 0 Å². The van der Waals surface area contributed by atoms with Crippen molar-refractivity contribution in [1.82, 2.24) is 0 Å². The van der Waals surface area contributed by atoms with E-state index in [4.69, 9.17) is 10.2 Å². The summed E-state index contributed by atoms with van der Waals surface area (Å²) in [5, 5.41) is 18.3. The number of rotatable bonds is 12. The van der Waals surface area contributed by atoms with E-state index in [0.717, 1.165) is 43.9 Å². The SMILES string of the molecule is CCCC1CCC(c2ccc(CCc3ccc(CCCC(CO)CO)cc3)cc2)CC1. The smallest absolute Gasteiger partial charge is 0.0481 e. The van der Waals surface area contributed by atoms with Crippen molar-refractivity contribution in [3.8, 4) is 0 Å². The Morgan fingerprint density at radius 2 is 1.26 bits per heavy atom. The first-order chi connectivity index (χ1) is 15.2. The molecule has 0 aromatic heterocycles. The summed E-state index contributed by atoms with van der Waals surface area (Å²) < 4.78 is 0. The molecule has 0 aliphatic heterocycles. The fraction of sp³-hybridized carbons (Fsp3) is 0.586. The summed E-state index contributed by atoms with van der Waals surface area (Å²) in [6.07, 6.45) is 13.4. The molecule has 170 valence electrons. The van der Waals surface area contributed by atoms with Gasteiger partial charge in [-0.25, -0.2) is 0 Å². The van der Waals surface area contributed by atoms with Crippen LogP contribution in [0.1, 0.15) is 86.5 Å². The molecular weight excluding hydrogens is 380 g/mol. The summed E-state index contributed by atoms with van der Waals surface area (Å²) in [5.41, 5.74) is 5.72. The highest BCUT2D eigenvalue weighted by Crippen LogP contribution is 2.37. The van der Waals surface area contributed by atoms with Crippen molar-refractivity contribution in [2.24, 2.45) is 11.8 Å². The quantitative estimate of drug-likeness (QED) is 0.411. The summed E-state index contributed by atoms with van der Waals surface area (Å²) in [6, 6.07) is 18.5. The molecule has 2 aromatic carbocycles. The van der Waals surface area contributed by atoms with Crippen LogP contribution in [0, 0.1) is 11.8 Å². The highest BCUT2D eigenvalue weighted by Gasteiger charge is 2.21. The monoisotopic (exact) mass is 422 g/mol. The summed E-state index contributed by atoms with van der Waals surface area (Å²) in [7, 11) is 0. The molecule has 0 heterocycles. The van der Waals surface area contributed by atoms with Gasteiger partial charge < -0.3 is 10.2 Å². The van der Waals surface area contributed by atoms with Crippen LogP contribution in [0.25, 0.3) is 0 Å². The zero-order valence-corrected chi connectivity index (χ0v) is 19.4. The van der Waals surface area contributed by atoms with Gasteiger partial charge >= 0.3 is 0 Å². The van der Waals surface area contributed by atoms with Crippen LogP contribution in [-0.2, 0) is 19.3 Å². The van der Waals surface area contributed by atoms with Crippen LogP contribution < -0.4 is 0 Å². The predicted octanol–water partition coefficient (Wildman–Crippen LogP) is 6.47. The van der Waals surface area contributed by atoms with E-state index < -0.39 is 0 Å². The average Bonchev–Trinajstić information content (AvgIpc) is 2.82. The van der Waals surface area contributed by atoms with Crippen LogP contribution in [0.15, 0.2) is 48.5 Å². The van der Waals surface area contributed by atoms with Crippen molar-refractivity contribution >= 4 is 0 Å². The molecule has 1 fully saturated rings. The number of aryl methyl sites for hydroxylation is 3. The summed E-state index contributed by atoms with van der Waals surface area (Å²) in [6.45, 7) is 2.47. The van der Waals surface area contributed by atoms with Gasteiger partial charge in [0.05, 0.1) is 0 Å². The standard InChI is InChI=1S/C29H42O2/c1-2-4-23-13-17-28(18-14-23)29-19-15-26(16-20-29)12-11-25-9-7-24(8-10-25)5-3-6-27(21-30)22-31/h7-10,15-16,19-20,23,27-28,30-31H,2-6,11-14,17-18,21-22H2,1H3. The largest absolute Gasteiger partial charge is 0.396 e. The van der Waals surface area contributed by atoms with E-state index in [9.17, 15) is 0 Å². The zero-order chi connectivity index (χ0) is 21.9. The van der Waals surface area contributed by atoms with Crippen molar-refractivity contribution in [2.75, 3.05) is 13.2 Å². The van der Waals surface area contributed by atoms with E-state index >= 15 is 0 Å². The molecule has 31 heavy (non-hydrogen) atoms. The Hall–Kier alpha value is -1.64. The number of hydrogen-bond donors (Lipinski definition) is 2. The molecule has 0 spiro atoms. The summed E-state index contributed by atoms with van der Waals surface area (Å²) >= 11 is 0. The van der Waals surface area contributed by atoms with Crippen LogP contribution in [0.4, 0.5) is 0 Å². The van der Waals surface area contributed by atoms with E-state index in [-0.39, 0.29) is 19.1 Å². The van der Waals surface area contributed by atoms with Crippen LogP contribution in [0.3, 0.4) is 0 Å². The molecule has 2 aromatic rings. The maximum absolute atomic E-state index is 9.16. The van der Waals surface area contributed by atoms with Crippen molar-refractivity contribution in [3.63, 3.8) is 0 Å². The van der Waals surface area contributed by atoms with Gasteiger partial charge in [0, 0.05) is 19.1 Å². The Bertz CT molecular complexity index is 722. The second-order valence-electron chi connectivity index (χ2n) is 9.69. The Labute approximate surface area is 189 Å². The zero-order valence-electron chi connectivity index (χ0n) is 19.4. The lowest BCUT2D eigenvalue weighted by atomic mass is 9.77. The van der Waals surface area contributed by atoms with Gasteiger partial charge in [0.25, 0.3) is 0 Å². The molecule has 0 unspecified atom stereocenters. The van der Waals surface area contributed by atoms with Gasteiger partial charge in [0.1, 0.15) is 0 Å². The van der Waals surface area contributed by atoms with Crippen LogP contribution in [-0.4, -0.2) is 23.4 Å². The van der Waals surface area contributed by atoms with E-state index in [1.54, 1.807) is 5.56 Å². The fourth-order valence-electron chi connectivity index (χ4n) is 5.15. The number of benzene rings is 2. The van der Waals surface area contributed by atoms with E-state index in [1.807, 2.05) is 0 Å². The third-order valence-corrected chi connectivity index (χ3v) is 7.31. The minimum absolute atomic E-state index is 0.0294. The van der Waals surface area contributed by atoms with Crippen molar-refractivity contribution < 1.29 is 10.2 Å². The van der Waals surface area contributed by atoms with Gasteiger partial charge in [-0.2, -0.15) is 0 Å².